The van der Waals surface area contributed by atoms with Gasteiger partial charge in [0.15, 0.2) is 11.4 Å². The van der Waals surface area contributed by atoms with Crippen molar-refractivity contribution in [2.75, 3.05) is 0 Å². The van der Waals surface area contributed by atoms with E-state index in [1.165, 1.54) is 0 Å². The minimum absolute atomic E-state index is 0.191. The third kappa shape index (κ3) is 1.85. The standard InChI is InChI=1S/C15H10ClNO3/c1-9-7-8-11-13(17(16)15(19)20-11)12(9)14(18)10-5-3-2-4-6-10/h2-8H,1H3. The number of carbonyl (C=O) groups excluding carboxylic acids is 1. The highest BCUT2D eigenvalue weighted by atomic mass is 35.5. The Bertz CT molecular complexity index is 862. The lowest BCUT2D eigenvalue weighted by atomic mass is 9.98. The van der Waals surface area contributed by atoms with E-state index >= 15 is 0 Å². The summed E-state index contributed by atoms with van der Waals surface area (Å²) in [6, 6.07) is 12.2. The van der Waals surface area contributed by atoms with Gasteiger partial charge in [-0.15, -0.1) is 0 Å². The number of aryl methyl sites for hydroxylation is 1. The minimum Gasteiger partial charge on any atom is -0.407 e. The van der Waals surface area contributed by atoms with Crippen molar-refractivity contribution < 1.29 is 9.21 Å². The van der Waals surface area contributed by atoms with E-state index in [2.05, 4.69) is 0 Å². The molecule has 0 saturated heterocycles. The van der Waals surface area contributed by atoms with Crippen molar-refractivity contribution in [3.8, 4) is 0 Å². The summed E-state index contributed by atoms with van der Waals surface area (Å²) in [5.74, 6) is -0.890. The number of carbonyl (C=O) groups is 1. The van der Waals surface area contributed by atoms with Crippen LogP contribution in [0.4, 0.5) is 0 Å². The first kappa shape index (κ1) is 12.7. The zero-order valence-corrected chi connectivity index (χ0v) is 11.3. The quantitative estimate of drug-likeness (QED) is 0.680. The van der Waals surface area contributed by atoms with Crippen LogP contribution in [0.25, 0.3) is 11.1 Å². The monoisotopic (exact) mass is 287 g/mol. The molecule has 3 aromatic rings. The molecule has 5 heteroatoms. The molecule has 2 aromatic carbocycles. The predicted octanol–water partition coefficient (Wildman–Crippen LogP) is 3.14. The maximum absolute atomic E-state index is 12.6. The summed E-state index contributed by atoms with van der Waals surface area (Å²) in [6.07, 6.45) is 0. The fraction of sp³-hybridized carbons (Fsp3) is 0.0667. The summed E-state index contributed by atoms with van der Waals surface area (Å²) in [7, 11) is 0. The van der Waals surface area contributed by atoms with Crippen molar-refractivity contribution >= 4 is 28.7 Å². The number of fused-ring (bicyclic) bond motifs is 1. The van der Waals surface area contributed by atoms with E-state index in [0.717, 1.165) is 9.65 Å². The maximum atomic E-state index is 12.6. The molecule has 0 bridgehead atoms. The second-order valence-corrected chi connectivity index (χ2v) is 4.79. The zero-order valence-electron chi connectivity index (χ0n) is 10.6. The number of hydrogen-bond acceptors (Lipinski definition) is 3. The van der Waals surface area contributed by atoms with Crippen molar-refractivity contribution in [3.63, 3.8) is 0 Å². The second-order valence-electron chi connectivity index (χ2n) is 4.45. The fourth-order valence-corrected chi connectivity index (χ4v) is 2.40. The molecular formula is C15H10ClNO3. The van der Waals surface area contributed by atoms with Gasteiger partial charge in [-0.2, -0.15) is 4.09 Å². The van der Waals surface area contributed by atoms with Gasteiger partial charge in [0, 0.05) is 17.3 Å². The van der Waals surface area contributed by atoms with Crippen LogP contribution in [0.5, 0.6) is 0 Å². The van der Waals surface area contributed by atoms with E-state index in [9.17, 15) is 9.59 Å². The van der Waals surface area contributed by atoms with Crippen LogP contribution in [0, 0.1) is 6.92 Å². The minimum atomic E-state index is -0.700. The van der Waals surface area contributed by atoms with E-state index < -0.39 is 5.76 Å². The van der Waals surface area contributed by atoms with E-state index in [-0.39, 0.29) is 5.78 Å². The number of hydrogen-bond donors (Lipinski definition) is 0. The highest BCUT2D eigenvalue weighted by Gasteiger charge is 2.20. The van der Waals surface area contributed by atoms with Gasteiger partial charge >= 0.3 is 5.76 Å². The van der Waals surface area contributed by atoms with Gasteiger partial charge in [0.25, 0.3) is 0 Å². The lowest BCUT2D eigenvalue weighted by Crippen LogP contribution is -2.09. The molecule has 0 unspecified atom stereocenters. The molecule has 0 spiro atoms. The summed E-state index contributed by atoms with van der Waals surface area (Å²) in [5.41, 5.74) is 2.27. The number of nitrogens with zero attached hydrogens (tertiary/aromatic N) is 1. The number of benzene rings is 2. The van der Waals surface area contributed by atoms with Crippen molar-refractivity contribution in [2.24, 2.45) is 0 Å². The molecule has 0 amide bonds. The molecule has 0 aliphatic heterocycles. The average Bonchev–Trinajstić information content (AvgIpc) is 2.75. The van der Waals surface area contributed by atoms with Gasteiger partial charge in [-0.05, 0) is 18.6 Å². The van der Waals surface area contributed by atoms with E-state index in [1.807, 2.05) is 6.07 Å². The normalized spacial score (nSPS) is 10.9. The number of rotatable bonds is 2. The predicted molar refractivity (Wildman–Crippen MR) is 76.3 cm³/mol. The highest BCUT2D eigenvalue weighted by Crippen LogP contribution is 2.25. The topological polar surface area (TPSA) is 52.2 Å². The number of ketones is 1. The van der Waals surface area contributed by atoms with Crippen molar-refractivity contribution in [2.45, 2.75) is 6.92 Å². The van der Waals surface area contributed by atoms with Crippen LogP contribution in [-0.2, 0) is 0 Å². The smallest absolute Gasteiger partial charge is 0.407 e. The Morgan fingerprint density at radius 3 is 2.55 bits per heavy atom. The summed E-state index contributed by atoms with van der Waals surface area (Å²) in [6.45, 7) is 1.80. The number of oxazole rings is 1. The van der Waals surface area contributed by atoms with Crippen LogP contribution < -0.4 is 5.76 Å². The molecule has 1 heterocycles. The molecule has 0 fully saturated rings. The van der Waals surface area contributed by atoms with Gasteiger partial charge in [0.05, 0.1) is 5.56 Å². The Labute approximate surface area is 119 Å². The SMILES string of the molecule is Cc1ccc2oc(=O)n(Cl)c2c1C(=O)c1ccccc1. The van der Waals surface area contributed by atoms with Gasteiger partial charge in [0.1, 0.15) is 5.52 Å². The Hall–Kier alpha value is -2.33. The molecule has 0 aliphatic rings. The largest absolute Gasteiger partial charge is 0.435 e. The zero-order chi connectivity index (χ0) is 14.3. The third-order valence-corrected chi connectivity index (χ3v) is 3.47. The molecule has 0 radical (unpaired) electrons. The van der Waals surface area contributed by atoms with Gasteiger partial charge in [-0.1, -0.05) is 36.4 Å². The molecule has 0 atom stereocenters. The molecule has 100 valence electrons. The van der Waals surface area contributed by atoms with E-state index in [0.29, 0.717) is 22.2 Å². The van der Waals surface area contributed by atoms with E-state index in [4.69, 9.17) is 16.2 Å². The first-order valence-corrected chi connectivity index (χ1v) is 6.34. The fourth-order valence-electron chi connectivity index (χ4n) is 2.20. The van der Waals surface area contributed by atoms with E-state index in [1.54, 1.807) is 43.3 Å². The second kappa shape index (κ2) is 4.65. The summed E-state index contributed by atoms with van der Waals surface area (Å²) >= 11 is 5.91. The Kier molecular flexibility index (Phi) is 2.95. The Balaban J connectivity index is 2.33. The average molecular weight is 288 g/mol. The molecular weight excluding hydrogens is 278 g/mol. The number of aromatic nitrogens is 1. The van der Waals surface area contributed by atoms with Crippen LogP contribution in [0.15, 0.2) is 51.7 Å². The summed E-state index contributed by atoms with van der Waals surface area (Å²) in [4.78, 5) is 24.1. The van der Waals surface area contributed by atoms with Crippen molar-refractivity contribution in [1.82, 2.24) is 4.09 Å². The van der Waals surface area contributed by atoms with Crippen molar-refractivity contribution in [3.05, 3.63) is 69.7 Å². The van der Waals surface area contributed by atoms with Crippen LogP contribution in [0.2, 0.25) is 0 Å². The maximum Gasteiger partial charge on any atom is 0.435 e. The van der Waals surface area contributed by atoms with Crippen LogP contribution in [0.1, 0.15) is 21.5 Å². The first-order valence-electron chi connectivity index (χ1n) is 6.00. The Morgan fingerprint density at radius 2 is 1.85 bits per heavy atom. The van der Waals surface area contributed by atoms with Crippen LogP contribution in [-0.4, -0.2) is 9.87 Å². The highest BCUT2D eigenvalue weighted by molar-refractivity contribution is 6.23. The van der Waals surface area contributed by atoms with Gasteiger partial charge < -0.3 is 4.42 Å². The Morgan fingerprint density at radius 1 is 1.15 bits per heavy atom. The molecule has 3 rings (SSSR count). The molecule has 0 saturated carbocycles. The number of halogens is 1. The summed E-state index contributed by atoms with van der Waals surface area (Å²) < 4.78 is 5.85. The van der Waals surface area contributed by atoms with Crippen LogP contribution in [0.3, 0.4) is 0 Å². The molecule has 0 aliphatic carbocycles. The van der Waals surface area contributed by atoms with Gasteiger partial charge in [-0.3, -0.25) is 4.79 Å². The molecule has 4 nitrogen and oxygen atoms in total. The van der Waals surface area contributed by atoms with Crippen LogP contribution >= 0.6 is 11.8 Å². The molecule has 0 N–H and O–H groups in total. The molecule has 1 aromatic heterocycles. The van der Waals surface area contributed by atoms with Gasteiger partial charge in [0.2, 0.25) is 0 Å². The third-order valence-electron chi connectivity index (χ3n) is 3.17. The summed E-state index contributed by atoms with van der Waals surface area (Å²) in [5, 5.41) is 0. The lowest BCUT2D eigenvalue weighted by Gasteiger charge is -2.06. The molecule has 20 heavy (non-hydrogen) atoms. The lowest BCUT2D eigenvalue weighted by molar-refractivity contribution is 0.103. The first-order chi connectivity index (χ1) is 9.59. The van der Waals surface area contributed by atoms with Crippen molar-refractivity contribution in [1.29, 1.82) is 0 Å². The van der Waals surface area contributed by atoms with Gasteiger partial charge in [-0.25, -0.2) is 4.79 Å².